The maximum atomic E-state index is 13.0. The van der Waals surface area contributed by atoms with Crippen LogP contribution in [0.2, 0.25) is 0 Å². The smallest absolute Gasteiger partial charge is 0.243 e. The van der Waals surface area contributed by atoms with E-state index in [0.717, 1.165) is 32.1 Å². The standard InChI is InChI=1S/C21H30N2O4S/c1-16(2)27-20-12-11-18(28(25,26)23-13-7-4-8-14-23)15-19(20)22-21(24)17-9-5-3-6-10-17/h3,5,11-12,15-17H,4,6-10,13-14H2,1-2H3,(H,22,24). The van der Waals surface area contributed by atoms with Gasteiger partial charge in [-0.1, -0.05) is 18.6 Å². The van der Waals surface area contributed by atoms with E-state index in [4.69, 9.17) is 4.74 Å². The summed E-state index contributed by atoms with van der Waals surface area (Å²) in [6, 6.07) is 4.76. The van der Waals surface area contributed by atoms with Crippen LogP contribution in [0.1, 0.15) is 52.4 Å². The number of nitrogens with zero attached hydrogens (tertiary/aromatic N) is 1. The minimum atomic E-state index is -3.58. The first kappa shape index (κ1) is 20.9. The molecule has 1 aromatic carbocycles. The number of sulfonamides is 1. The Bertz CT molecular complexity index is 827. The molecule has 1 aromatic rings. The molecule has 2 aliphatic rings. The quantitative estimate of drug-likeness (QED) is 0.726. The normalized spacial score (nSPS) is 20.9. The number of carbonyl (C=O) groups is 1. The molecule has 6 nitrogen and oxygen atoms in total. The Kier molecular flexibility index (Phi) is 6.78. The number of allylic oxidation sites excluding steroid dienone is 2. The zero-order valence-electron chi connectivity index (χ0n) is 16.7. The van der Waals surface area contributed by atoms with Crippen LogP contribution in [0, 0.1) is 5.92 Å². The molecular formula is C21H30N2O4S. The lowest BCUT2D eigenvalue weighted by molar-refractivity contribution is -0.120. The van der Waals surface area contributed by atoms with Gasteiger partial charge in [-0.05, 0) is 64.2 Å². The predicted molar refractivity (Wildman–Crippen MR) is 110 cm³/mol. The summed E-state index contributed by atoms with van der Waals surface area (Å²) in [6.45, 7) is 4.89. The number of carbonyl (C=O) groups excluding carboxylic acids is 1. The summed E-state index contributed by atoms with van der Waals surface area (Å²) in [5.41, 5.74) is 0.423. The molecular weight excluding hydrogens is 376 g/mol. The average molecular weight is 407 g/mol. The van der Waals surface area contributed by atoms with E-state index in [1.165, 1.54) is 10.4 Å². The summed E-state index contributed by atoms with van der Waals surface area (Å²) >= 11 is 0. The molecule has 0 saturated carbocycles. The number of benzene rings is 1. The second-order valence-electron chi connectivity index (χ2n) is 7.76. The lowest BCUT2D eigenvalue weighted by atomic mass is 9.93. The van der Waals surface area contributed by atoms with Crippen molar-refractivity contribution >= 4 is 21.6 Å². The zero-order chi connectivity index (χ0) is 20.1. The highest BCUT2D eigenvalue weighted by atomic mass is 32.2. The molecule has 154 valence electrons. The maximum Gasteiger partial charge on any atom is 0.243 e. The maximum absolute atomic E-state index is 13.0. The van der Waals surface area contributed by atoms with Gasteiger partial charge in [-0.3, -0.25) is 4.79 Å². The summed E-state index contributed by atoms with van der Waals surface area (Å²) in [5, 5.41) is 2.92. The van der Waals surface area contributed by atoms with Crippen LogP contribution in [-0.4, -0.2) is 37.8 Å². The molecule has 1 heterocycles. The highest BCUT2D eigenvalue weighted by Crippen LogP contribution is 2.32. The Morgan fingerprint density at radius 2 is 1.93 bits per heavy atom. The van der Waals surface area contributed by atoms with E-state index >= 15 is 0 Å². The molecule has 1 aliphatic carbocycles. The fourth-order valence-corrected chi connectivity index (χ4v) is 5.19. The van der Waals surface area contributed by atoms with Gasteiger partial charge in [0.15, 0.2) is 0 Å². The molecule has 1 aliphatic heterocycles. The van der Waals surface area contributed by atoms with Gasteiger partial charge < -0.3 is 10.1 Å². The first-order valence-corrected chi connectivity index (χ1v) is 11.6. The van der Waals surface area contributed by atoms with Crippen molar-refractivity contribution < 1.29 is 17.9 Å². The Hall–Kier alpha value is -1.86. The minimum absolute atomic E-state index is 0.0854. The minimum Gasteiger partial charge on any atom is -0.489 e. The number of amides is 1. The van der Waals surface area contributed by atoms with Gasteiger partial charge in [-0.25, -0.2) is 8.42 Å². The van der Waals surface area contributed by atoms with E-state index < -0.39 is 10.0 Å². The van der Waals surface area contributed by atoms with Crippen molar-refractivity contribution in [3.05, 3.63) is 30.4 Å². The molecule has 0 aromatic heterocycles. The fourth-order valence-electron chi connectivity index (χ4n) is 3.64. The van der Waals surface area contributed by atoms with Crippen LogP contribution >= 0.6 is 0 Å². The Labute approximate surface area is 168 Å². The molecule has 1 amide bonds. The number of hydrogen-bond donors (Lipinski definition) is 1. The van der Waals surface area contributed by atoms with Gasteiger partial charge in [0, 0.05) is 19.0 Å². The third kappa shape index (κ3) is 4.94. The molecule has 28 heavy (non-hydrogen) atoms. The first-order chi connectivity index (χ1) is 13.4. The average Bonchev–Trinajstić information content (AvgIpc) is 2.70. The van der Waals surface area contributed by atoms with Crippen LogP contribution in [0.15, 0.2) is 35.2 Å². The molecule has 1 N–H and O–H groups in total. The van der Waals surface area contributed by atoms with E-state index in [-0.39, 0.29) is 22.8 Å². The molecule has 0 radical (unpaired) electrons. The fraction of sp³-hybridized carbons (Fsp3) is 0.571. The zero-order valence-corrected chi connectivity index (χ0v) is 17.5. The van der Waals surface area contributed by atoms with Gasteiger partial charge >= 0.3 is 0 Å². The predicted octanol–water partition coefficient (Wildman–Crippen LogP) is 3.94. The molecule has 0 bridgehead atoms. The third-order valence-corrected chi connectivity index (χ3v) is 7.06. The number of hydrogen-bond acceptors (Lipinski definition) is 4. The highest BCUT2D eigenvalue weighted by Gasteiger charge is 2.28. The van der Waals surface area contributed by atoms with E-state index in [1.54, 1.807) is 12.1 Å². The van der Waals surface area contributed by atoms with Crippen LogP contribution in [-0.2, 0) is 14.8 Å². The molecule has 1 fully saturated rings. The number of rotatable bonds is 6. The van der Waals surface area contributed by atoms with Crippen LogP contribution in [0.25, 0.3) is 0 Å². The molecule has 7 heteroatoms. The Balaban J connectivity index is 1.88. The summed E-state index contributed by atoms with van der Waals surface area (Å²) in [7, 11) is -3.58. The summed E-state index contributed by atoms with van der Waals surface area (Å²) in [6.07, 6.45) is 9.24. The number of anilines is 1. The number of piperidine rings is 1. The highest BCUT2D eigenvalue weighted by molar-refractivity contribution is 7.89. The first-order valence-electron chi connectivity index (χ1n) is 10.1. The summed E-state index contributed by atoms with van der Waals surface area (Å²) < 4.78 is 33.4. The second-order valence-corrected chi connectivity index (χ2v) is 9.70. The van der Waals surface area contributed by atoms with Crippen LogP contribution < -0.4 is 10.1 Å². The van der Waals surface area contributed by atoms with Gasteiger partial charge in [0.2, 0.25) is 15.9 Å². The Morgan fingerprint density at radius 1 is 1.18 bits per heavy atom. The van der Waals surface area contributed by atoms with Gasteiger partial charge in [0.1, 0.15) is 5.75 Å². The lowest BCUT2D eigenvalue weighted by Gasteiger charge is -2.26. The Morgan fingerprint density at radius 3 is 2.57 bits per heavy atom. The lowest BCUT2D eigenvalue weighted by Crippen LogP contribution is -2.35. The molecule has 1 unspecified atom stereocenters. The SMILES string of the molecule is CC(C)Oc1ccc(S(=O)(=O)N2CCCCC2)cc1NC(=O)C1CC=CCC1. The molecule has 0 spiro atoms. The summed E-state index contributed by atoms with van der Waals surface area (Å²) in [5.74, 6) is 0.303. The molecule has 1 atom stereocenters. The largest absolute Gasteiger partial charge is 0.489 e. The van der Waals surface area contributed by atoms with Gasteiger partial charge in [-0.15, -0.1) is 0 Å². The van der Waals surface area contributed by atoms with Crippen LogP contribution in [0.3, 0.4) is 0 Å². The van der Waals surface area contributed by atoms with Gasteiger partial charge in [0.05, 0.1) is 16.7 Å². The molecule has 3 rings (SSSR count). The second kappa shape index (κ2) is 9.09. The monoisotopic (exact) mass is 406 g/mol. The molecule has 1 saturated heterocycles. The summed E-state index contributed by atoms with van der Waals surface area (Å²) in [4.78, 5) is 12.9. The van der Waals surface area contributed by atoms with Gasteiger partial charge in [0.25, 0.3) is 0 Å². The van der Waals surface area contributed by atoms with Crippen molar-refractivity contribution in [3.63, 3.8) is 0 Å². The van der Waals surface area contributed by atoms with Crippen molar-refractivity contribution in [1.29, 1.82) is 0 Å². The van der Waals surface area contributed by atoms with Crippen molar-refractivity contribution in [3.8, 4) is 5.75 Å². The van der Waals surface area contributed by atoms with Crippen LogP contribution in [0.5, 0.6) is 5.75 Å². The van der Waals surface area contributed by atoms with E-state index in [0.29, 0.717) is 30.9 Å². The van der Waals surface area contributed by atoms with Crippen molar-refractivity contribution in [1.82, 2.24) is 4.31 Å². The van der Waals surface area contributed by atoms with E-state index in [2.05, 4.69) is 11.4 Å². The topological polar surface area (TPSA) is 75.7 Å². The van der Waals surface area contributed by atoms with Crippen molar-refractivity contribution in [2.24, 2.45) is 5.92 Å². The van der Waals surface area contributed by atoms with Crippen LogP contribution in [0.4, 0.5) is 5.69 Å². The van der Waals surface area contributed by atoms with Gasteiger partial charge in [-0.2, -0.15) is 4.31 Å². The van der Waals surface area contributed by atoms with Crippen molar-refractivity contribution in [2.75, 3.05) is 18.4 Å². The van der Waals surface area contributed by atoms with E-state index in [9.17, 15) is 13.2 Å². The van der Waals surface area contributed by atoms with E-state index in [1.807, 2.05) is 19.9 Å². The number of ether oxygens (including phenoxy) is 1. The number of nitrogens with one attached hydrogen (secondary N) is 1. The third-order valence-electron chi connectivity index (χ3n) is 5.16. The van der Waals surface area contributed by atoms with Crippen molar-refractivity contribution in [2.45, 2.75) is 63.4 Å².